The molecule has 2 saturated heterocycles. The van der Waals surface area contributed by atoms with E-state index in [1.165, 1.54) is 12.8 Å². The molecule has 3 unspecified atom stereocenters. The Labute approximate surface area is 129 Å². The first-order chi connectivity index (χ1) is 9.65. The van der Waals surface area contributed by atoms with Gasteiger partial charge in [0, 0.05) is 13.2 Å². The van der Waals surface area contributed by atoms with Crippen molar-refractivity contribution < 1.29 is 9.47 Å². The van der Waals surface area contributed by atoms with E-state index < -0.39 is 0 Å². The highest BCUT2D eigenvalue weighted by Crippen LogP contribution is 2.45. The van der Waals surface area contributed by atoms with E-state index in [1.54, 1.807) is 7.11 Å². The van der Waals surface area contributed by atoms with Crippen molar-refractivity contribution in [2.24, 2.45) is 0 Å². The Hall–Kier alpha value is -0.320. The smallest absolute Gasteiger partial charge is 0.146 e. The normalized spacial score (nSPS) is 32.5. The summed E-state index contributed by atoms with van der Waals surface area (Å²) in [6, 6.07) is 6.40. The van der Waals surface area contributed by atoms with E-state index in [9.17, 15) is 0 Å². The maximum absolute atomic E-state index is 6.19. The van der Waals surface area contributed by atoms with Gasteiger partial charge in [-0.05, 0) is 43.4 Å². The number of hydrogen-bond acceptors (Lipinski definition) is 3. The molecule has 0 saturated carbocycles. The molecule has 2 fully saturated rings. The van der Waals surface area contributed by atoms with Crippen molar-refractivity contribution in [3.05, 3.63) is 33.8 Å². The zero-order valence-electron chi connectivity index (χ0n) is 11.5. The summed E-state index contributed by atoms with van der Waals surface area (Å²) in [5, 5.41) is 4.93. The van der Waals surface area contributed by atoms with Crippen LogP contribution in [-0.2, 0) is 15.0 Å². The van der Waals surface area contributed by atoms with E-state index >= 15 is 0 Å². The molecular formula is C15H19Cl2NO2. The standard InChI is InChI=1S/C15H19Cl2NO2/c1-19-9-20-14-8-11-3-2-6-15(14,18-11)10-4-5-12(16)13(17)7-10/h4-5,7,11,14,18H,2-3,6,8-9H2,1H3. The van der Waals surface area contributed by atoms with E-state index in [-0.39, 0.29) is 11.6 Å². The van der Waals surface area contributed by atoms with Crippen LogP contribution in [0.25, 0.3) is 0 Å². The summed E-state index contributed by atoms with van der Waals surface area (Å²) >= 11 is 12.2. The second kappa shape index (κ2) is 5.82. The van der Waals surface area contributed by atoms with E-state index in [0.717, 1.165) is 18.4 Å². The fourth-order valence-corrected chi connectivity index (χ4v) is 3.87. The number of nitrogens with one attached hydrogen (secondary N) is 1. The lowest BCUT2D eigenvalue weighted by molar-refractivity contribution is -0.0941. The molecule has 2 heterocycles. The predicted molar refractivity (Wildman–Crippen MR) is 80.3 cm³/mol. The molecule has 1 aromatic rings. The maximum atomic E-state index is 6.19. The second-order valence-corrected chi connectivity index (χ2v) is 6.45. The third-order valence-corrected chi connectivity index (χ3v) is 5.19. The maximum Gasteiger partial charge on any atom is 0.146 e. The van der Waals surface area contributed by atoms with Gasteiger partial charge in [0.15, 0.2) is 0 Å². The van der Waals surface area contributed by atoms with E-state index in [0.29, 0.717) is 22.9 Å². The van der Waals surface area contributed by atoms with Crippen molar-refractivity contribution >= 4 is 23.2 Å². The van der Waals surface area contributed by atoms with Crippen molar-refractivity contribution in [2.45, 2.75) is 43.4 Å². The number of hydrogen-bond donors (Lipinski definition) is 1. The number of methoxy groups -OCH3 is 1. The van der Waals surface area contributed by atoms with Crippen molar-refractivity contribution in [2.75, 3.05) is 13.9 Å². The molecule has 2 aliphatic rings. The third-order valence-electron chi connectivity index (χ3n) is 4.46. The summed E-state index contributed by atoms with van der Waals surface area (Å²) in [5.41, 5.74) is 1.01. The van der Waals surface area contributed by atoms with Crippen molar-refractivity contribution in [1.82, 2.24) is 5.32 Å². The van der Waals surface area contributed by atoms with Crippen LogP contribution in [0, 0.1) is 0 Å². The topological polar surface area (TPSA) is 30.5 Å². The van der Waals surface area contributed by atoms with Crippen LogP contribution in [0.4, 0.5) is 0 Å². The lowest BCUT2D eigenvalue weighted by atomic mass is 9.81. The number of benzene rings is 1. The van der Waals surface area contributed by atoms with E-state index in [1.807, 2.05) is 12.1 Å². The number of halogens is 2. The molecule has 110 valence electrons. The SMILES string of the molecule is COCOC1CC2CCCC1(c1ccc(Cl)c(Cl)c1)N2. The molecule has 0 amide bonds. The lowest BCUT2D eigenvalue weighted by Crippen LogP contribution is -2.49. The van der Waals surface area contributed by atoms with Gasteiger partial charge in [-0.25, -0.2) is 0 Å². The predicted octanol–water partition coefficient (Wildman–Crippen LogP) is 3.72. The Kier molecular flexibility index (Phi) is 4.25. The Morgan fingerprint density at radius 3 is 2.95 bits per heavy atom. The quantitative estimate of drug-likeness (QED) is 0.859. The van der Waals surface area contributed by atoms with Crippen LogP contribution in [0.2, 0.25) is 10.0 Å². The number of ether oxygens (including phenoxy) is 2. The summed E-state index contributed by atoms with van der Waals surface area (Å²) in [7, 11) is 1.65. The van der Waals surface area contributed by atoms with Gasteiger partial charge < -0.3 is 14.8 Å². The van der Waals surface area contributed by atoms with Gasteiger partial charge in [-0.1, -0.05) is 29.3 Å². The van der Waals surface area contributed by atoms with Gasteiger partial charge in [0.25, 0.3) is 0 Å². The molecule has 2 bridgehead atoms. The highest BCUT2D eigenvalue weighted by Gasteiger charge is 2.51. The van der Waals surface area contributed by atoms with Gasteiger partial charge >= 0.3 is 0 Å². The molecule has 3 atom stereocenters. The summed E-state index contributed by atoms with van der Waals surface area (Å²) in [6.07, 6.45) is 4.59. The fraction of sp³-hybridized carbons (Fsp3) is 0.600. The third kappa shape index (κ3) is 2.46. The van der Waals surface area contributed by atoms with E-state index in [2.05, 4.69) is 11.4 Å². The van der Waals surface area contributed by atoms with Crippen LogP contribution in [-0.4, -0.2) is 26.0 Å². The highest BCUT2D eigenvalue weighted by atomic mass is 35.5. The average Bonchev–Trinajstić information content (AvgIpc) is 2.71. The molecule has 1 aromatic carbocycles. The number of rotatable bonds is 4. The van der Waals surface area contributed by atoms with Gasteiger partial charge in [0.1, 0.15) is 6.79 Å². The van der Waals surface area contributed by atoms with E-state index in [4.69, 9.17) is 32.7 Å². The Morgan fingerprint density at radius 1 is 1.35 bits per heavy atom. The molecule has 3 rings (SSSR count). The minimum atomic E-state index is -0.157. The molecule has 1 N–H and O–H groups in total. The molecular weight excluding hydrogens is 297 g/mol. The van der Waals surface area contributed by atoms with Crippen LogP contribution in [0.5, 0.6) is 0 Å². The van der Waals surface area contributed by atoms with Gasteiger partial charge in [0.05, 0.1) is 21.7 Å². The monoisotopic (exact) mass is 315 g/mol. The average molecular weight is 316 g/mol. The van der Waals surface area contributed by atoms with Gasteiger partial charge in [-0.2, -0.15) is 0 Å². The van der Waals surface area contributed by atoms with Crippen molar-refractivity contribution in [1.29, 1.82) is 0 Å². The molecule has 3 nitrogen and oxygen atoms in total. The van der Waals surface area contributed by atoms with Crippen LogP contribution >= 0.6 is 23.2 Å². The first kappa shape index (κ1) is 14.6. The highest BCUT2D eigenvalue weighted by molar-refractivity contribution is 6.42. The van der Waals surface area contributed by atoms with Crippen LogP contribution in [0.3, 0.4) is 0 Å². The van der Waals surface area contributed by atoms with Crippen LogP contribution < -0.4 is 5.32 Å². The molecule has 0 aromatic heterocycles. The van der Waals surface area contributed by atoms with Crippen molar-refractivity contribution in [3.63, 3.8) is 0 Å². The van der Waals surface area contributed by atoms with Crippen LogP contribution in [0.15, 0.2) is 18.2 Å². The van der Waals surface area contributed by atoms with Crippen molar-refractivity contribution in [3.8, 4) is 0 Å². The van der Waals surface area contributed by atoms with Crippen LogP contribution in [0.1, 0.15) is 31.2 Å². The first-order valence-electron chi connectivity index (χ1n) is 6.99. The molecule has 5 heteroatoms. The summed E-state index contributed by atoms with van der Waals surface area (Å²) in [4.78, 5) is 0. The molecule has 0 radical (unpaired) electrons. The van der Waals surface area contributed by atoms with Gasteiger partial charge in [-0.15, -0.1) is 0 Å². The zero-order chi connectivity index (χ0) is 14.2. The summed E-state index contributed by atoms with van der Waals surface area (Å²) in [5.74, 6) is 0. The van der Waals surface area contributed by atoms with Gasteiger partial charge in [-0.3, -0.25) is 0 Å². The second-order valence-electron chi connectivity index (χ2n) is 5.63. The lowest BCUT2D eigenvalue weighted by Gasteiger charge is -2.38. The molecule has 0 aliphatic carbocycles. The first-order valence-corrected chi connectivity index (χ1v) is 7.75. The molecule has 20 heavy (non-hydrogen) atoms. The Balaban J connectivity index is 1.94. The number of fused-ring (bicyclic) bond motifs is 2. The summed E-state index contributed by atoms with van der Waals surface area (Å²) < 4.78 is 11.0. The van der Waals surface area contributed by atoms with Gasteiger partial charge in [0.2, 0.25) is 0 Å². The zero-order valence-corrected chi connectivity index (χ0v) is 13.0. The minimum absolute atomic E-state index is 0.118. The summed E-state index contributed by atoms with van der Waals surface area (Å²) in [6.45, 7) is 0.322. The minimum Gasteiger partial charge on any atom is -0.359 e. The number of piperidine rings is 1. The fourth-order valence-electron chi connectivity index (χ4n) is 3.57. The molecule has 0 spiro atoms. The Morgan fingerprint density at radius 2 is 2.20 bits per heavy atom. The molecule has 2 aliphatic heterocycles. The Bertz CT molecular complexity index is 497. The largest absolute Gasteiger partial charge is 0.359 e.